The highest BCUT2D eigenvalue weighted by molar-refractivity contribution is 5.90. The second-order valence-corrected chi connectivity index (χ2v) is 8.01. The summed E-state index contributed by atoms with van der Waals surface area (Å²) in [6.45, 7) is 2.30. The van der Waals surface area contributed by atoms with Gasteiger partial charge in [-0.2, -0.15) is 0 Å². The summed E-state index contributed by atoms with van der Waals surface area (Å²) in [4.78, 5) is 20.3. The molecule has 2 aliphatic carbocycles. The van der Waals surface area contributed by atoms with Gasteiger partial charge in [0.25, 0.3) is 0 Å². The van der Waals surface area contributed by atoms with Crippen LogP contribution in [0.25, 0.3) is 0 Å². The number of carbonyl (C=O) groups excluding carboxylic acids is 1. The van der Waals surface area contributed by atoms with E-state index in [1.165, 1.54) is 16.5 Å². The van der Waals surface area contributed by atoms with Crippen LogP contribution in [0.5, 0.6) is 0 Å². The molecule has 3 atom stereocenters. The number of amides is 1. The first kappa shape index (κ1) is 18.2. The minimum atomic E-state index is -0.444. The van der Waals surface area contributed by atoms with Gasteiger partial charge < -0.3 is 9.64 Å². The van der Waals surface area contributed by atoms with E-state index in [-0.39, 0.29) is 11.9 Å². The van der Waals surface area contributed by atoms with Crippen LogP contribution in [0.15, 0.2) is 59.1 Å². The molecule has 5 rings (SSSR count). The van der Waals surface area contributed by atoms with Gasteiger partial charge in [0.05, 0.1) is 24.5 Å². The Hall–Kier alpha value is -2.89. The van der Waals surface area contributed by atoms with Crippen molar-refractivity contribution in [1.82, 2.24) is 0 Å². The topological polar surface area (TPSA) is 45.1 Å². The summed E-state index contributed by atoms with van der Waals surface area (Å²) in [5.74, 6) is 0.728. The van der Waals surface area contributed by atoms with Crippen molar-refractivity contribution >= 4 is 23.7 Å². The first-order valence-electron chi connectivity index (χ1n) is 10.2. The summed E-state index contributed by atoms with van der Waals surface area (Å²) in [6, 6.07) is 4.96. The predicted molar refractivity (Wildman–Crippen MR) is 112 cm³/mol. The van der Waals surface area contributed by atoms with E-state index in [1.807, 2.05) is 17.2 Å². The van der Waals surface area contributed by atoms with Gasteiger partial charge in [0.1, 0.15) is 11.9 Å². The number of fused-ring (bicyclic) bond motifs is 2. The SMILES string of the molecule is O=C1O[C@@H](CN=CC2=CC3C=CC2C3)CN1c1ccc(N2CC=CCC2)c(F)c1. The Morgan fingerprint density at radius 3 is 2.93 bits per heavy atom. The third-order valence-electron chi connectivity index (χ3n) is 6.02. The minimum Gasteiger partial charge on any atom is -0.442 e. The second kappa shape index (κ2) is 7.50. The summed E-state index contributed by atoms with van der Waals surface area (Å²) in [7, 11) is 0. The number of nitrogens with zero attached hydrogens (tertiary/aromatic N) is 3. The molecule has 0 radical (unpaired) electrons. The molecule has 0 spiro atoms. The smallest absolute Gasteiger partial charge is 0.414 e. The summed E-state index contributed by atoms with van der Waals surface area (Å²) in [6.07, 6.45) is 14.1. The Balaban J connectivity index is 1.22. The molecule has 29 heavy (non-hydrogen) atoms. The molecular weight excluding hydrogens is 369 g/mol. The monoisotopic (exact) mass is 393 g/mol. The maximum atomic E-state index is 14.7. The van der Waals surface area contributed by atoms with Crippen molar-refractivity contribution < 1.29 is 13.9 Å². The van der Waals surface area contributed by atoms with E-state index in [4.69, 9.17) is 4.74 Å². The highest BCUT2D eigenvalue weighted by Gasteiger charge is 2.33. The van der Waals surface area contributed by atoms with E-state index in [1.54, 1.807) is 12.1 Å². The maximum Gasteiger partial charge on any atom is 0.414 e. The van der Waals surface area contributed by atoms with Crippen LogP contribution in [-0.2, 0) is 4.74 Å². The van der Waals surface area contributed by atoms with E-state index < -0.39 is 6.09 Å². The lowest BCUT2D eigenvalue weighted by atomic mass is 10.0. The number of cyclic esters (lactones) is 1. The third kappa shape index (κ3) is 3.59. The van der Waals surface area contributed by atoms with Crippen LogP contribution in [0.2, 0.25) is 0 Å². The highest BCUT2D eigenvalue weighted by Crippen LogP contribution is 2.37. The van der Waals surface area contributed by atoms with Crippen molar-refractivity contribution in [3.63, 3.8) is 0 Å². The van der Waals surface area contributed by atoms with Crippen LogP contribution in [0.4, 0.5) is 20.6 Å². The summed E-state index contributed by atoms with van der Waals surface area (Å²) in [5, 5.41) is 0. The number of anilines is 2. The van der Waals surface area contributed by atoms with E-state index in [9.17, 15) is 9.18 Å². The minimum absolute atomic E-state index is 0.316. The number of allylic oxidation sites excluding steroid dienone is 4. The summed E-state index contributed by atoms with van der Waals surface area (Å²) < 4.78 is 20.1. The summed E-state index contributed by atoms with van der Waals surface area (Å²) >= 11 is 0. The molecule has 4 aliphatic rings. The molecule has 2 heterocycles. The fourth-order valence-electron chi connectivity index (χ4n) is 4.49. The van der Waals surface area contributed by atoms with Crippen LogP contribution in [0.1, 0.15) is 12.8 Å². The van der Waals surface area contributed by atoms with Crippen molar-refractivity contribution in [2.45, 2.75) is 18.9 Å². The largest absolute Gasteiger partial charge is 0.442 e. The normalized spacial score (nSPS) is 28.0. The number of halogens is 1. The van der Waals surface area contributed by atoms with Crippen LogP contribution < -0.4 is 9.80 Å². The maximum absolute atomic E-state index is 14.7. The lowest BCUT2D eigenvalue weighted by Gasteiger charge is -2.26. The van der Waals surface area contributed by atoms with E-state index >= 15 is 0 Å². The van der Waals surface area contributed by atoms with Gasteiger partial charge >= 0.3 is 6.09 Å². The van der Waals surface area contributed by atoms with E-state index in [0.29, 0.717) is 42.8 Å². The molecule has 6 heteroatoms. The van der Waals surface area contributed by atoms with Gasteiger partial charge in [0.15, 0.2) is 0 Å². The molecule has 1 fully saturated rings. The number of benzene rings is 1. The predicted octanol–water partition coefficient (Wildman–Crippen LogP) is 4.12. The van der Waals surface area contributed by atoms with Crippen molar-refractivity contribution in [1.29, 1.82) is 0 Å². The first-order valence-corrected chi connectivity index (χ1v) is 10.2. The zero-order valence-corrected chi connectivity index (χ0v) is 16.2. The number of hydrogen-bond donors (Lipinski definition) is 0. The molecule has 0 saturated carbocycles. The quantitative estimate of drug-likeness (QED) is 0.558. The van der Waals surface area contributed by atoms with Crippen LogP contribution >= 0.6 is 0 Å². The molecule has 5 nitrogen and oxygen atoms in total. The Labute approximate surface area is 169 Å². The molecule has 2 unspecified atom stereocenters. The van der Waals surface area contributed by atoms with Crippen LogP contribution in [0.3, 0.4) is 0 Å². The standard InChI is InChI=1S/C23H24FN3O2/c24-21-12-19(6-7-22(21)26-8-2-1-3-9-26)27-15-20(29-23(27)28)14-25-13-18-11-16-4-5-17(18)10-16/h1-2,4-7,11-13,16-17,20H,3,8-10,14-15H2/t16?,17?,20-/m0/s1. The average Bonchev–Trinajstić information content (AvgIpc) is 3.44. The van der Waals surface area contributed by atoms with E-state index in [2.05, 4.69) is 29.3 Å². The molecule has 1 saturated heterocycles. The molecule has 150 valence electrons. The van der Waals surface area contributed by atoms with Gasteiger partial charge in [-0.3, -0.25) is 9.89 Å². The fraction of sp³-hybridized carbons (Fsp3) is 0.391. The van der Waals surface area contributed by atoms with Gasteiger partial charge in [-0.1, -0.05) is 30.4 Å². The van der Waals surface area contributed by atoms with Crippen LogP contribution in [0, 0.1) is 17.7 Å². The molecule has 2 aliphatic heterocycles. The van der Waals surface area contributed by atoms with Crippen molar-refractivity contribution in [3.8, 4) is 0 Å². The average molecular weight is 393 g/mol. The molecule has 1 aromatic rings. The Kier molecular flexibility index (Phi) is 4.70. The number of hydrogen-bond acceptors (Lipinski definition) is 4. The molecule has 0 aromatic heterocycles. The Morgan fingerprint density at radius 2 is 2.21 bits per heavy atom. The van der Waals surface area contributed by atoms with Crippen molar-refractivity contribution in [2.75, 3.05) is 36.0 Å². The molecule has 0 N–H and O–H groups in total. The van der Waals surface area contributed by atoms with Crippen molar-refractivity contribution in [2.24, 2.45) is 16.8 Å². The van der Waals surface area contributed by atoms with Gasteiger partial charge in [0.2, 0.25) is 0 Å². The zero-order valence-electron chi connectivity index (χ0n) is 16.2. The third-order valence-corrected chi connectivity index (χ3v) is 6.02. The van der Waals surface area contributed by atoms with Gasteiger partial charge in [-0.25, -0.2) is 9.18 Å². The van der Waals surface area contributed by atoms with E-state index in [0.717, 1.165) is 19.4 Å². The van der Waals surface area contributed by atoms with Gasteiger partial charge in [-0.05, 0) is 42.5 Å². The second-order valence-electron chi connectivity index (χ2n) is 8.01. The number of ether oxygens (including phenoxy) is 1. The lowest BCUT2D eigenvalue weighted by molar-refractivity contribution is 0.145. The highest BCUT2D eigenvalue weighted by atomic mass is 19.1. The van der Waals surface area contributed by atoms with Crippen LogP contribution in [-0.4, -0.2) is 44.6 Å². The number of aliphatic imine (C=N–C) groups is 1. The first-order chi connectivity index (χ1) is 14.2. The van der Waals surface area contributed by atoms with Gasteiger partial charge in [0, 0.05) is 25.2 Å². The zero-order chi connectivity index (χ0) is 19.8. The number of rotatable bonds is 5. The summed E-state index contributed by atoms with van der Waals surface area (Å²) in [5.41, 5.74) is 2.35. The van der Waals surface area contributed by atoms with Gasteiger partial charge in [-0.15, -0.1) is 0 Å². The van der Waals surface area contributed by atoms with Crippen molar-refractivity contribution in [3.05, 3.63) is 60.0 Å². The lowest BCUT2D eigenvalue weighted by Crippen LogP contribution is -2.28. The Morgan fingerprint density at radius 1 is 1.28 bits per heavy atom. The molecule has 1 amide bonds. The molecule has 1 aromatic carbocycles. The Bertz CT molecular complexity index is 936. The fourth-order valence-corrected chi connectivity index (χ4v) is 4.49. The molecular formula is C23H24FN3O2. The number of carbonyl (C=O) groups is 1. The molecule has 2 bridgehead atoms.